The average molecular weight is 974 g/mol. The van der Waals surface area contributed by atoms with Gasteiger partial charge in [0.05, 0.1) is 68.3 Å². The predicted molar refractivity (Wildman–Crippen MR) is 290 cm³/mol. The second-order valence-corrected chi connectivity index (χ2v) is 18.0. The van der Waals surface area contributed by atoms with Crippen LogP contribution >= 0.6 is 0 Å². The number of aromatic nitrogens is 5. The van der Waals surface area contributed by atoms with Crippen molar-refractivity contribution >= 4 is 21.8 Å². The van der Waals surface area contributed by atoms with Crippen LogP contribution in [0.5, 0.6) is 0 Å². The third-order valence-electron chi connectivity index (χ3n) is 13.3. The van der Waals surface area contributed by atoms with Crippen molar-refractivity contribution in [2.45, 2.75) is 6.18 Å². The topological polar surface area (TPSA) is 104 Å². The maximum Gasteiger partial charge on any atom is 0.416 e. The van der Waals surface area contributed by atoms with Gasteiger partial charge in [0.2, 0.25) is 0 Å². The molecule has 7 nitrogen and oxygen atoms in total. The van der Waals surface area contributed by atoms with Gasteiger partial charge in [0.15, 0.2) is 11.6 Å². The highest BCUT2D eigenvalue weighted by atomic mass is 19.4. The molecule has 0 aliphatic carbocycles. The first-order chi connectivity index (χ1) is 36.7. The summed E-state index contributed by atoms with van der Waals surface area (Å²) in [5.74, 6) is 0.379. The molecule has 10 heteroatoms. The molecule has 0 atom stereocenters. The number of nitriles is 2. The van der Waals surface area contributed by atoms with Gasteiger partial charge in [-0.2, -0.15) is 23.7 Å². The molecule has 0 fully saturated rings. The van der Waals surface area contributed by atoms with Gasteiger partial charge in [-0.3, -0.25) is 0 Å². The molecule has 12 aromatic rings. The van der Waals surface area contributed by atoms with Gasteiger partial charge in [0.25, 0.3) is 0 Å². The summed E-state index contributed by atoms with van der Waals surface area (Å²) in [5, 5.41) is 21.4. The Morgan fingerprint density at radius 3 is 1.19 bits per heavy atom. The fourth-order valence-corrected chi connectivity index (χ4v) is 9.70. The molecule has 9 aromatic carbocycles. The number of fused-ring (bicyclic) bond motifs is 3. The van der Waals surface area contributed by atoms with Crippen molar-refractivity contribution in [3.63, 3.8) is 0 Å². The number of nitrogens with zero attached hydrogens (tertiary/aromatic N) is 7. The lowest BCUT2D eigenvalue weighted by molar-refractivity contribution is -0.137. The highest BCUT2D eigenvalue weighted by Gasteiger charge is 2.35. The average Bonchev–Trinajstić information content (AvgIpc) is 3.81. The molecule has 0 aliphatic rings. The molecular weight excluding hydrogens is 936 g/mol. The van der Waals surface area contributed by atoms with Gasteiger partial charge in [0.1, 0.15) is 0 Å². The van der Waals surface area contributed by atoms with Crippen LogP contribution in [0, 0.1) is 22.7 Å². The minimum Gasteiger partial charge on any atom is -0.308 e. The van der Waals surface area contributed by atoms with E-state index in [0.29, 0.717) is 56.3 Å². The van der Waals surface area contributed by atoms with Gasteiger partial charge in [-0.1, -0.05) is 158 Å². The fourth-order valence-electron chi connectivity index (χ4n) is 9.70. The number of hydrogen-bond acceptors (Lipinski definition) is 6. The monoisotopic (exact) mass is 973 g/mol. The van der Waals surface area contributed by atoms with Crippen molar-refractivity contribution in [1.82, 2.24) is 24.5 Å². The van der Waals surface area contributed by atoms with Crippen LogP contribution in [0.15, 0.2) is 231 Å². The van der Waals surface area contributed by atoms with Gasteiger partial charge >= 0.3 is 6.18 Å². The third kappa shape index (κ3) is 8.84. The first-order valence-corrected chi connectivity index (χ1v) is 24.0. The SMILES string of the molecule is N#Cc1cccc(-c2ccc3c(c2)c2cc(-c4cccc(C#N)c4)ccc2n3-c2c(-c3cc(-c4ccccc4)nc(-c4ccccc4)n3)cc(C(F)(F)F)cc2-c2nc(-c3ccccc3)cc(-c3ccccc3)n2)c1. The van der Waals surface area contributed by atoms with Crippen LogP contribution in [0.2, 0.25) is 0 Å². The summed E-state index contributed by atoms with van der Waals surface area (Å²) in [5.41, 5.74) is 9.97. The molecule has 12 rings (SSSR count). The summed E-state index contributed by atoms with van der Waals surface area (Å²) < 4.78 is 49.8. The Hall–Kier alpha value is -10.3. The van der Waals surface area contributed by atoms with E-state index < -0.39 is 11.7 Å². The Morgan fingerprint density at radius 1 is 0.347 bits per heavy atom. The highest BCUT2D eigenvalue weighted by Crippen LogP contribution is 2.46. The van der Waals surface area contributed by atoms with E-state index in [1.54, 1.807) is 18.2 Å². The van der Waals surface area contributed by atoms with Crippen LogP contribution in [0.25, 0.3) is 118 Å². The number of halogens is 3. The maximum atomic E-state index is 15.9. The van der Waals surface area contributed by atoms with Gasteiger partial charge in [-0.15, -0.1) is 0 Å². The van der Waals surface area contributed by atoms with Crippen LogP contribution in [0.1, 0.15) is 16.7 Å². The predicted octanol–water partition coefficient (Wildman–Crippen LogP) is 16.5. The van der Waals surface area contributed by atoms with Crippen LogP contribution in [-0.2, 0) is 6.18 Å². The van der Waals surface area contributed by atoms with Crippen LogP contribution in [0.3, 0.4) is 0 Å². The van der Waals surface area contributed by atoms with Gasteiger partial charge in [0, 0.05) is 44.2 Å². The van der Waals surface area contributed by atoms with E-state index >= 15 is 13.2 Å². The van der Waals surface area contributed by atoms with E-state index in [1.807, 2.05) is 193 Å². The molecule has 0 unspecified atom stereocenters. The zero-order chi connectivity index (χ0) is 51.0. The van der Waals surface area contributed by atoms with Crippen LogP contribution in [-0.4, -0.2) is 24.5 Å². The Balaban J connectivity index is 1.25. The molecule has 3 aromatic heterocycles. The Labute approximate surface area is 429 Å². The number of benzene rings is 9. The molecule has 75 heavy (non-hydrogen) atoms. The Kier molecular flexibility index (Phi) is 11.6. The maximum absolute atomic E-state index is 15.9. The molecule has 0 amide bonds. The molecule has 0 radical (unpaired) electrons. The van der Waals surface area contributed by atoms with E-state index in [2.05, 4.69) is 24.3 Å². The van der Waals surface area contributed by atoms with Crippen molar-refractivity contribution in [2.24, 2.45) is 0 Å². The molecule has 0 bridgehead atoms. The first-order valence-electron chi connectivity index (χ1n) is 24.0. The van der Waals surface area contributed by atoms with E-state index in [0.717, 1.165) is 55.8 Å². The quantitative estimate of drug-likeness (QED) is 0.143. The van der Waals surface area contributed by atoms with E-state index in [1.165, 1.54) is 6.07 Å². The molecule has 0 spiro atoms. The first kappa shape index (κ1) is 45.8. The number of hydrogen-bond donors (Lipinski definition) is 0. The minimum atomic E-state index is -4.83. The second-order valence-electron chi connectivity index (χ2n) is 18.0. The Morgan fingerprint density at radius 2 is 0.733 bits per heavy atom. The van der Waals surface area contributed by atoms with Crippen molar-refractivity contribution in [1.29, 1.82) is 10.5 Å². The van der Waals surface area contributed by atoms with Gasteiger partial charge < -0.3 is 4.57 Å². The largest absolute Gasteiger partial charge is 0.416 e. The summed E-state index contributed by atoms with van der Waals surface area (Å²) in [6, 6.07) is 75.0. The molecule has 0 saturated heterocycles. The van der Waals surface area contributed by atoms with E-state index in [-0.39, 0.29) is 22.6 Å². The number of alkyl halides is 3. The molecule has 3 heterocycles. The highest BCUT2D eigenvalue weighted by molar-refractivity contribution is 6.13. The Bertz CT molecular complexity index is 3860. The summed E-state index contributed by atoms with van der Waals surface area (Å²) in [6.45, 7) is 0. The standard InChI is InChI=1S/C65H38F3N7/c66-65(67,68)51-35-54(59-38-58(45-21-9-3-10-22-45)71-63(74-59)46-23-11-4-12-24-46)62(55(36-51)64-72-56(43-17-5-1-6-18-43)37-57(73-64)44-19-7-2-8-20-44)75-60-29-27-49(47-25-13-15-41(31-47)39-69)33-52(60)53-34-50(28-30-61(53)75)48-26-14-16-42(32-48)40-70/h1-38H. The zero-order valence-electron chi connectivity index (χ0n) is 39.7. The van der Waals surface area contributed by atoms with Crippen molar-refractivity contribution in [3.05, 3.63) is 247 Å². The van der Waals surface area contributed by atoms with Crippen LogP contribution in [0.4, 0.5) is 13.2 Å². The summed E-state index contributed by atoms with van der Waals surface area (Å²) in [4.78, 5) is 20.6. The lowest BCUT2D eigenvalue weighted by Crippen LogP contribution is -2.11. The summed E-state index contributed by atoms with van der Waals surface area (Å²) >= 11 is 0. The van der Waals surface area contributed by atoms with E-state index in [4.69, 9.17) is 19.9 Å². The van der Waals surface area contributed by atoms with Crippen LogP contribution < -0.4 is 0 Å². The lowest BCUT2D eigenvalue weighted by atomic mass is 9.96. The molecule has 0 saturated carbocycles. The van der Waals surface area contributed by atoms with Gasteiger partial charge in [-0.05, 0) is 95.1 Å². The van der Waals surface area contributed by atoms with Crippen molar-refractivity contribution in [2.75, 3.05) is 0 Å². The second kappa shape index (κ2) is 19.0. The number of rotatable bonds is 9. The molecular formula is C65H38F3N7. The zero-order valence-corrected chi connectivity index (χ0v) is 39.7. The summed E-state index contributed by atoms with van der Waals surface area (Å²) in [7, 11) is 0. The normalized spacial score (nSPS) is 11.4. The smallest absolute Gasteiger partial charge is 0.308 e. The molecule has 0 N–H and O–H groups in total. The van der Waals surface area contributed by atoms with E-state index in [9.17, 15) is 10.5 Å². The van der Waals surface area contributed by atoms with Crippen molar-refractivity contribution in [3.8, 4) is 108 Å². The minimum absolute atomic E-state index is 0.0584. The fraction of sp³-hybridized carbons (Fsp3) is 0.0154. The van der Waals surface area contributed by atoms with Crippen molar-refractivity contribution < 1.29 is 13.2 Å². The third-order valence-corrected chi connectivity index (χ3v) is 13.3. The molecule has 0 aliphatic heterocycles. The van der Waals surface area contributed by atoms with Gasteiger partial charge in [-0.25, -0.2) is 19.9 Å². The summed E-state index contributed by atoms with van der Waals surface area (Å²) in [6.07, 6.45) is -4.83. The lowest BCUT2D eigenvalue weighted by Gasteiger charge is -2.22. The molecule has 354 valence electrons.